The summed E-state index contributed by atoms with van der Waals surface area (Å²) >= 11 is 2.74. The smallest absolute Gasteiger partial charge is 0.338 e. The van der Waals surface area contributed by atoms with Crippen molar-refractivity contribution >= 4 is 80.8 Å². The molecular formula is C44H52N10O8S2. The van der Waals surface area contributed by atoms with Crippen molar-refractivity contribution in [3.05, 3.63) is 80.6 Å². The van der Waals surface area contributed by atoms with Crippen LogP contribution < -0.4 is 15.4 Å². The topological polar surface area (TPSA) is 199 Å². The second-order valence-electron chi connectivity index (χ2n) is 14.8. The van der Waals surface area contributed by atoms with Crippen LogP contribution in [-0.4, -0.2) is 122 Å². The Morgan fingerprint density at radius 1 is 0.844 bits per heavy atom. The second-order valence-corrected chi connectivity index (χ2v) is 16.9. The summed E-state index contributed by atoms with van der Waals surface area (Å²) in [5.41, 5.74) is 4.53. The van der Waals surface area contributed by atoms with Crippen LogP contribution in [0.4, 0.5) is 11.9 Å². The zero-order valence-corrected chi connectivity index (χ0v) is 38.6. The molecule has 0 spiro atoms. The Morgan fingerprint density at radius 3 is 2.09 bits per heavy atom. The van der Waals surface area contributed by atoms with Gasteiger partial charge in [-0.25, -0.2) is 24.5 Å². The summed E-state index contributed by atoms with van der Waals surface area (Å²) in [5, 5.41) is 11.2. The number of ether oxygens (including phenoxy) is 4. The average Bonchev–Trinajstić information content (AvgIpc) is 4.07. The molecule has 1 fully saturated rings. The Bertz CT molecular complexity index is 2730. The number of nitrogens with one attached hydrogen (secondary N) is 2. The highest BCUT2D eigenvalue weighted by atomic mass is 32.2. The fourth-order valence-corrected chi connectivity index (χ4v) is 9.13. The predicted octanol–water partition coefficient (Wildman–Crippen LogP) is 6.40. The zero-order chi connectivity index (χ0) is 45.5. The number of thioether (sulfide) groups is 1. The molecule has 6 aromatic rings. The largest absolute Gasteiger partial charge is 0.491 e. The van der Waals surface area contributed by atoms with Gasteiger partial charge in [-0.3, -0.25) is 29.8 Å². The van der Waals surface area contributed by atoms with Crippen LogP contribution in [0.3, 0.4) is 0 Å². The number of carbonyl (C=O) groups is 4. The number of allylic oxidation sites excluding steroid dienone is 2. The monoisotopic (exact) mass is 912 g/mol. The minimum atomic E-state index is -0.555. The number of carbonyl (C=O) groups excluding carboxylic acids is 4. The Balaban J connectivity index is 1.26. The van der Waals surface area contributed by atoms with E-state index in [1.807, 2.05) is 55.2 Å². The molecule has 0 aliphatic carbocycles. The highest BCUT2D eigenvalue weighted by molar-refractivity contribution is 7.98. The fraction of sp³-hybridized carbons (Fsp3) is 0.409. The standard InChI is InChI=1S/C44H52N10O8S2/c1-8-30-38(64-27(4)45-30)40(56)49-44-46-31-22-28(41(57)59-5)24-34(62-18-12-13-51-16-19-61-20-17-51)36(31)52(44)14-10-11-15-53-37-32(23-29(42(58)60-6)25-35(37)63-7)47-43(53)48-39(55)33-21-26(3)50-54(33)9-2/h10-11,21-25H,8-9,12-20H2,1-7H3,(H,46,49,56)(H,47,48,55)/b11-10+. The number of aromatic nitrogens is 7. The third-order valence-electron chi connectivity index (χ3n) is 10.6. The number of rotatable bonds is 18. The van der Waals surface area contributed by atoms with Gasteiger partial charge in [0, 0.05) is 44.2 Å². The van der Waals surface area contributed by atoms with Crippen LogP contribution in [0.25, 0.3) is 22.1 Å². The average molecular weight is 913 g/mol. The first-order valence-corrected chi connectivity index (χ1v) is 23.0. The number of nitrogens with zero attached hydrogens (tertiary/aromatic N) is 8. The number of imidazole rings is 2. The number of anilines is 2. The van der Waals surface area contributed by atoms with Gasteiger partial charge in [-0.05, 0) is 70.2 Å². The minimum Gasteiger partial charge on any atom is -0.491 e. The van der Waals surface area contributed by atoms with Gasteiger partial charge in [0.25, 0.3) is 11.8 Å². The Morgan fingerprint density at radius 2 is 1.47 bits per heavy atom. The van der Waals surface area contributed by atoms with Gasteiger partial charge >= 0.3 is 11.9 Å². The van der Waals surface area contributed by atoms with E-state index in [2.05, 4.69) is 25.6 Å². The highest BCUT2D eigenvalue weighted by Gasteiger charge is 2.25. The number of fused-ring (bicyclic) bond motifs is 2. The van der Waals surface area contributed by atoms with E-state index in [0.717, 1.165) is 36.0 Å². The number of benzene rings is 2. The minimum absolute atomic E-state index is 0.210. The van der Waals surface area contributed by atoms with Crippen molar-refractivity contribution in [2.45, 2.75) is 65.1 Å². The first kappa shape index (κ1) is 45.9. The normalized spacial score (nSPS) is 13.2. The van der Waals surface area contributed by atoms with E-state index in [4.69, 9.17) is 28.9 Å². The van der Waals surface area contributed by atoms with Crippen molar-refractivity contribution < 1.29 is 38.1 Å². The van der Waals surface area contributed by atoms with Crippen molar-refractivity contribution in [3.63, 3.8) is 0 Å². The van der Waals surface area contributed by atoms with Crippen LogP contribution >= 0.6 is 23.1 Å². The number of hydrogen-bond acceptors (Lipinski definition) is 15. The zero-order valence-electron chi connectivity index (χ0n) is 37.0. The molecule has 2 amide bonds. The third-order valence-corrected chi connectivity index (χ3v) is 12.4. The van der Waals surface area contributed by atoms with Crippen LogP contribution in [0.2, 0.25) is 0 Å². The molecule has 2 N–H and O–H groups in total. The van der Waals surface area contributed by atoms with Gasteiger partial charge in [0.2, 0.25) is 11.9 Å². The lowest BCUT2D eigenvalue weighted by Gasteiger charge is -2.26. The number of methoxy groups -OCH3 is 2. The fourth-order valence-electron chi connectivity index (χ4n) is 7.58. The SMILES string of the molecule is CCc1nc(C)sc1C(=O)Nc1nc2cc(C(=O)OC)cc(OCCCN3CCOCC3)c2n1C/C=C/Cn1c(NC(=O)c2cc(C)nn2CC)nc2cc(C(=O)OC)cc(SC)c21. The molecule has 1 aliphatic heterocycles. The number of aryl methyl sites for hydroxylation is 4. The molecule has 5 heterocycles. The van der Waals surface area contributed by atoms with E-state index in [1.165, 1.54) is 37.3 Å². The van der Waals surface area contributed by atoms with E-state index in [1.54, 1.807) is 35.0 Å². The van der Waals surface area contributed by atoms with Gasteiger partial charge in [0.15, 0.2) is 0 Å². The van der Waals surface area contributed by atoms with Gasteiger partial charge in [-0.2, -0.15) is 5.10 Å². The van der Waals surface area contributed by atoms with E-state index in [9.17, 15) is 19.2 Å². The van der Waals surface area contributed by atoms with Gasteiger partial charge in [-0.1, -0.05) is 19.1 Å². The maximum Gasteiger partial charge on any atom is 0.338 e. The molecule has 7 rings (SSSR count). The molecule has 0 atom stereocenters. The molecule has 0 saturated carbocycles. The predicted molar refractivity (Wildman–Crippen MR) is 245 cm³/mol. The molecule has 338 valence electrons. The summed E-state index contributed by atoms with van der Waals surface area (Å²) in [5.74, 6) is -0.905. The van der Waals surface area contributed by atoms with Crippen LogP contribution in [-0.2, 0) is 40.3 Å². The van der Waals surface area contributed by atoms with Crippen molar-refractivity contribution in [1.29, 1.82) is 0 Å². The Kier molecular flexibility index (Phi) is 14.8. The van der Waals surface area contributed by atoms with Gasteiger partial charge in [0.1, 0.15) is 21.8 Å². The van der Waals surface area contributed by atoms with Crippen molar-refractivity contribution in [2.24, 2.45) is 0 Å². The van der Waals surface area contributed by atoms with Crippen molar-refractivity contribution in [2.75, 3.05) is 70.6 Å². The first-order chi connectivity index (χ1) is 31.0. The van der Waals surface area contributed by atoms with Crippen molar-refractivity contribution in [1.82, 2.24) is 38.8 Å². The lowest BCUT2D eigenvalue weighted by Crippen LogP contribution is -2.37. The second kappa shape index (κ2) is 20.6. The van der Waals surface area contributed by atoms with E-state index < -0.39 is 17.8 Å². The molecule has 4 aromatic heterocycles. The molecule has 64 heavy (non-hydrogen) atoms. The maximum absolute atomic E-state index is 13.9. The molecule has 1 saturated heterocycles. The molecule has 18 nitrogen and oxygen atoms in total. The molecular weight excluding hydrogens is 861 g/mol. The highest BCUT2D eigenvalue weighted by Crippen LogP contribution is 2.34. The number of thiazole rings is 1. The van der Waals surface area contributed by atoms with Crippen molar-refractivity contribution in [3.8, 4) is 5.75 Å². The Hall–Kier alpha value is -6.09. The Labute approximate surface area is 378 Å². The summed E-state index contributed by atoms with van der Waals surface area (Å²) in [6.45, 7) is 12.7. The molecule has 20 heteroatoms. The molecule has 0 bridgehead atoms. The van der Waals surface area contributed by atoms with E-state index in [-0.39, 0.29) is 36.5 Å². The van der Waals surface area contributed by atoms with Crippen LogP contribution in [0.5, 0.6) is 5.75 Å². The van der Waals surface area contributed by atoms with Gasteiger partial charge in [0.05, 0.1) is 78.1 Å². The lowest BCUT2D eigenvalue weighted by molar-refractivity contribution is 0.0358. The summed E-state index contributed by atoms with van der Waals surface area (Å²) in [7, 11) is 2.64. The number of hydrogen-bond donors (Lipinski definition) is 2. The summed E-state index contributed by atoms with van der Waals surface area (Å²) in [4.78, 5) is 71.1. The van der Waals surface area contributed by atoms with Gasteiger partial charge in [-0.15, -0.1) is 23.1 Å². The molecule has 0 radical (unpaired) electrons. The van der Waals surface area contributed by atoms with Crippen LogP contribution in [0.15, 0.2) is 47.4 Å². The number of amides is 2. The maximum atomic E-state index is 13.9. The molecule has 0 unspecified atom stereocenters. The van der Waals surface area contributed by atoms with Gasteiger partial charge < -0.3 is 28.1 Å². The van der Waals surface area contributed by atoms with Crippen LogP contribution in [0, 0.1) is 13.8 Å². The molecule has 1 aliphatic rings. The quantitative estimate of drug-likeness (QED) is 0.0416. The summed E-state index contributed by atoms with van der Waals surface area (Å²) in [6.07, 6.45) is 7.03. The summed E-state index contributed by atoms with van der Waals surface area (Å²) in [6, 6.07) is 8.37. The molecule has 2 aromatic carbocycles. The first-order valence-electron chi connectivity index (χ1n) is 21.0. The third kappa shape index (κ3) is 9.99. The lowest BCUT2D eigenvalue weighted by atomic mass is 10.2. The van der Waals surface area contributed by atoms with E-state index >= 15 is 0 Å². The van der Waals surface area contributed by atoms with E-state index in [0.29, 0.717) is 88.1 Å². The van der Waals surface area contributed by atoms with Crippen LogP contribution in [0.1, 0.15) is 77.5 Å². The number of esters is 2. The summed E-state index contributed by atoms with van der Waals surface area (Å²) < 4.78 is 27.4. The number of morpholine rings is 1.